The minimum Gasteiger partial charge on any atom is -0.497 e. The highest BCUT2D eigenvalue weighted by atomic mass is 35.5. The molecule has 0 aliphatic heterocycles. The number of carbonyl (C=O) groups is 1. The molecule has 0 bridgehead atoms. The number of hydrogen-bond donors (Lipinski definition) is 1. The molecule has 0 aliphatic rings. The first kappa shape index (κ1) is 12.8. The van der Waals surface area contributed by atoms with Gasteiger partial charge in [-0.1, -0.05) is 12.1 Å². The maximum atomic E-state index is 11.2. The normalized spacial score (nSPS) is 11.9. The Bertz CT molecular complexity index is 335. The van der Waals surface area contributed by atoms with E-state index in [4.69, 9.17) is 16.3 Å². The Hall–Kier alpha value is -1.22. The number of ether oxygens (including phenoxy) is 1. The second-order valence-corrected chi connectivity index (χ2v) is 4.16. The number of rotatable bonds is 5. The van der Waals surface area contributed by atoms with E-state index < -0.39 is 5.38 Å². The second-order valence-electron chi connectivity index (χ2n) is 3.51. The van der Waals surface area contributed by atoms with E-state index in [0.29, 0.717) is 6.54 Å². The average molecular weight is 242 g/mol. The van der Waals surface area contributed by atoms with E-state index in [1.54, 1.807) is 14.0 Å². The van der Waals surface area contributed by atoms with Crippen LogP contribution >= 0.6 is 11.6 Å². The van der Waals surface area contributed by atoms with E-state index in [1.165, 1.54) is 0 Å². The van der Waals surface area contributed by atoms with Gasteiger partial charge in [-0.05, 0) is 31.0 Å². The van der Waals surface area contributed by atoms with Gasteiger partial charge in [0.05, 0.1) is 7.11 Å². The Kier molecular flexibility index (Phi) is 5.12. The lowest BCUT2D eigenvalue weighted by Gasteiger charge is -2.07. The van der Waals surface area contributed by atoms with Gasteiger partial charge in [0.2, 0.25) is 5.91 Å². The summed E-state index contributed by atoms with van der Waals surface area (Å²) in [5, 5.41) is 2.28. The van der Waals surface area contributed by atoms with Crippen LogP contribution in [0.5, 0.6) is 5.75 Å². The van der Waals surface area contributed by atoms with Gasteiger partial charge in [-0.15, -0.1) is 11.6 Å². The smallest absolute Gasteiger partial charge is 0.237 e. The molecule has 1 amide bonds. The van der Waals surface area contributed by atoms with Crippen molar-refractivity contribution in [1.82, 2.24) is 5.32 Å². The van der Waals surface area contributed by atoms with Gasteiger partial charge in [-0.3, -0.25) is 4.79 Å². The molecule has 1 rings (SSSR count). The quantitative estimate of drug-likeness (QED) is 0.801. The summed E-state index contributed by atoms with van der Waals surface area (Å²) >= 11 is 5.62. The lowest BCUT2D eigenvalue weighted by atomic mass is 10.1. The standard InChI is InChI=1S/C12H16ClNO2/c1-9(13)12(15)14-8-7-10-3-5-11(16-2)6-4-10/h3-6,9H,7-8H2,1-2H3,(H,14,15)/t9-/m1/s1. The highest BCUT2D eigenvalue weighted by Gasteiger charge is 2.07. The first-order chi connectivity index (χ1) is 7.63. The minimum absolute atomic E-state index is 0.129. The molecular formula is C12H16ClNO2. The molecule has 1 N–H and O–H groups in total. The van der Waals surface area contributed by atoms with Crippen LogP contribution in [0.4, 0.5) is 0 Å². The van der Waals surface area contributed by atoms with E-state index >= 15 is 0 Å². The lowest BCUT2D eigenvalue weighted by Crippen LogP contribution is -2.31. The van der Waals surface area contributed by atoms with Gasteiger partial charge in [0.25, 0.3) is 0 Å². The zero-order chi connectivity index (χ0) is 12.0. The van der Waals surface area contributed by atoms with Crippen molar-refractivity contribution in [3.05, 3.63) is 29.8 Å². The minimum atomic E-state index is -0.476. The maximum Gasteiger partial charge on any atom is 0.237 e. The lowest BCUT2D eigenvalue weighted by molar-refractivity contribution is -0.120. The van der Waals surface area contributed by atoms with Crippen molar-refractivity contribution in [2.24, 2.45) is 0 Å². The van der Waals surface area contributed by atoms with Crippen LogP contribution in [0.2, 0.25) is 0 Å². The van der Waals surface area contributed by atoms with E-state index in [1.807, 2.05) is 24.3 Å². The van der Waals surface area contributed by atoms with Crippen molar-refractivity contribution in [2.75, 3.05) is 13.7 Å². The summed E-state index contributed by atoms with van der Waals surface area (Å²) in [6.45, 7) is 2.26. The van der Waals surface area contributed by atoms with Crippen LogP contribution < -0.4 is 10.1 Å². The second kappa shape index (κ2) is 6.38. The van der Waals surface area contributed by atoms with Crippen molar-refractivity contribution < 1.29 is 9.53 Å². The van der Waals surface area contributed by atoms with E-state index in [0.717, 1.165) is 17.7 Å². The molecule has 0 fully saturated rings. The molecule has 0 aliphatic carbocycles. The van der Waals surface area contributed by atoms with Crippen molar-refractivity contribution in [3.63, 3.8) is 0 Å². The Balaban J connectivity index is 2.34. The van der Waals surface area contributed by atoms with Crippen molar-refractivity contribution in [1.29, 1.82) is 0 Å². The fourth-order valence-corrected chi connectivity index (χ4v) is 1.34. The number of nitrogens with one attached hydrogen (secondary N) is 1. The summed E-state index contributed by atoms with van der Waals surface area (Å²) in [6, 6.07) is 7.77. The number of carbonyl (C=O) groups excluding carboxylic acids is 1. The number of benzene rings is 1. The zero-order valence-electron chi connectivity index (χ0n) is 9.50. The zero-order valence-corrected chi connectivity index (χ0v) is 10.3. The van der Waals surface area contributed by atoms with E-state index in [-0.39, 0.29) is 5.91 Å². The van der Waals surface area contributed by atoms with Gasteiger partial charge in [0.1, 0.15) is 11.1 Å². The van der Waals surface area contributed by atoms with Crippen molar-refractivity contribution >= 4 is 17.5 Å². The molecule has 0 heterocycles. The predicted molar refractivity (Wildman–Crippen MR) is 65.0 cm³/mol. The summed E-state index contributed by atoms with van der Waals surface area (Å²) in [6.07, 6.45) is 0.791. The molecule has 88 valence electrons. The Morgan fingerprint density at radius 2 is 2.06 bits per heavy atom. The van der Waals surface area contributed by atoms with Gasteiger partial charge in [-0.25, -0.2) is 0 Å². The van der Waals surface area contributed by atoms with Crippen LogP contribution in [0.15, 0.2) is 24.3 Å². The molecular weight excluding hydrogens is 226 g/mol. The van der Waals surface area contributed by atoms with Crippen LogP contribution in [-0.4, -0.2) is 24.9 Å². The third-order valence-electron chi connectivity index (χ3n) is 2.23. The topological polar surface area (TPSA) is 38.3 Å². The van der Waals surface area contributed by atoms with E-state index in [2.05, 4.69) is 5.32 Å². The van der Waals surface area contributed by atoms with Gasteiger partial charge in [0, 0.05) is 6.54 Å². The first-order valence-electron chi connectivity index (χ1n) is 5.18. The summed E-state index contributed by atoms with van der Waals surface area (Å²) in [5.74, 6) is 0.706. The highest BCUT2D eigenvalue weighted by Crippen LogP contribution is 2.11. The summed E-state index contributed by atoms with van der Waals surface area (Å²) in [4.78, 5) is 11.2. The Morgan fingerprint density at radius 3 is 2.56 bits per heavy atom. The van der Waals surface area contributed by atoms with Gasteiger partial charge < -0.3 is 10.1 Å². The molecule has 0 spiro atoms. The highest BCUT2D eigenvalue weighted by molar-refractivity contribution is 6.30. The number of methoxy groups -OCH3 is 1. The number of hydrogen-bond acceptors (Lipinski definition) is 2. The van der Waals surface area contributed by atoms with Crippen molar-refractivity contribution in [2.45, 2.75) is 18.7 Å². The predicted octanol–water partition coefficient (Wildman–Crippen LogP) is 1.98. The van der Waals surface area contributed by atoms with Gasteiger partial charge >= 0.3 is 0 Å². The van der Waals surface area contributed by atoms with Crippen LogP contribution in [0.25, 0.3) is 0 Å². The number of halogens is 1. The molecule has 0 saturated heterocycles. The first-order valence-corrected chi connectivity index (χ1v) is 5.62. The SMILES string of the molecule is COc1ccc(CCNC(=O)[C@@H](C)Cl)cc1. The molecule has 0 radical (unpaired) electrons. The van der Waals surface area contributed by atoms with Crippen LogP contribution in [0.3, 0.4) is 0 Å². The monoisotopic (exact) mass is 241 g/mol. The van der Waals surface area contributed by atoms with Crippen LogP contribution in [0.1, 0.15) is 12.5 Å². The fourth-order valence-electron chi connectivity index (χ4n) is 1.26. The fraction of sp³-hybridized carbons (Fsp3) is 0.417. The molecule has 16 heavy (non-hydrogen) atoms. The molecule has 0 saturated carbocycles. The van der Waals surface area contributed by atoms with E-state index in [9.17, 15) is 4.79 Å². The molecule has 3 nitrogen and oxygen atoms in total. The molecule has 1 atom stereocenters. The number of alkyl halides is 1. The molecule has 4 heteroatoms. The maximum absolute atomic E-state index is 11.2. The largest absolute Gasteiger partial charge is 0.497 e. The third-order valence-corrected chi connectivity index (χ3v) is 2.43. The molecule has 0 aromatic heterocycles. The summed E-state index contributed by atoms with van der Waals surface area (Å²) in [5.41, 5.74) is 1.16. The van der Waals surface area contributed by atoms with Gasteiger partial charge in [0.15, 0.2) is 0 Å². The Labute approximate surface area is 101 Å². The van der Waals surface area contributed by atoms with Crippen molar-refractivity contribution in [3.8, 4) is 5.75 Å². The Morgan fingerprint density at radius 1 is 1.44 bits per heavy atom. The molecule has 1 aromatic rings. The van der Waals surface area contributed by atoms with Crippen LogP contribution in [0, 0.1) is 0 Å². The summed E-state index contributed by atoms with van der Waals surface area (Å²) in [7, 11) is 1.64. The average Bonchev–Trinajstić information content (AvgIpc) is 2.29. The number of amides is 1. The molecule has 0 unspecified atom stereocenters. The molecule has 1 aromatic carbocycles. The van der Waals surface area contributed by atoms with Crippen LogP contribution in [-0.2, 0) is 11.2 Å². The summed E-state index contributed by atoms with van der Waals surface area (Å²) < 4.78 is 5.06. The van der Waals surface area contributed by atoms with Gasteiger partial charge in [-0.2, -0.15) is 0 Å². The third kappa shape index (κ3) is 4.11.